The summed E-state index contributed by atoms with van der Waals surface area (Å²) in [6, 6.07) is 7.19. The predicted molar refractivity (Wildman–Crippen MR) is 75.6 cm³/mol. The highest BCUT2D eigenvalue weighted by Gasteiger charge is 2.40. The molecule has 0 amide bonds. The van der Waals surface area contributed by atoms with Gasteiger partial charge in [-0.3, -0.25) is 0 Å². The lowest BCUT2D eigenvalue weighted by atomic mass is 9.81. The van der Waals surface area contributed by atoms with Crippen molar-refractivity contribution in [1.82, 2.24) is 5.32 Å². The largest absolute Gasteiger partial charge is 0.375 e. The molecule has 19 heavy (non-hydrogen) atoms. The fourth-order valence-corrected chi connectivity index (χ4v) is 3.34. The lowest BCUT2D eigenvalue weighted by Gasteiger charge is -2.29. The van der Waals surface area contributed by atoms with E-state index in [0.717, 1.165) is 12.0 Å². The van der Waals surface area contributed by atoms with E-state index in [4.69, 9.17) is 4.74 Å². The molecule has 1 aromatic carbocycles. The molecular weight excluding hydrogens is 241 g/mol. The summed E-state index contributed by atoms with van der Waals surface area (Å²) < 4.78 is 19.2. The minimum absolute atomic E-state index is 0.163. The van der Waals surface area contributed by atoms with Gasteiger partial charge in [0.25, 0.3) is 0 Å². The molecule has 3 heteroatoms. The molecule has 0 bridgehead atoms. The maximum atomic E-state index is 13.3. The molecule has 1 saturated heterocycles. The molecule has 2 nitrogen and oxygen atoms in total. The minimum atomic E-state index is -0.163. The van der Waals surface area contributed by atoms with Crippen LogP contribution < -0.4 is 5.32 Å². The molecule has 1 N–H and O–H groups in total. The Morgan fingerprint density at radius 1 is 1.26 bits per heavy atom. The Labute approximate surface area is 115 Å². The number of benzene rings is 1. The van der Waals surface area contributed by atoms with Gasteiger partial charge in [-0.25, -0.2) is 4.39 Å². The smallest absolute Gasteiger partial charge is 0.123 e. The second-order valence-corrected chi connectivity index (χ2v) is 5.71. The quantitative estimate of drug-likeness (QED) is 0.903. The lowest BCUT2D eigenvalue weighted by Crippen LogP contribution is -2.41. The number of likely N-dealkylation sites (N-methyl/N-ethyl adjacent to an activating group) is 1. The first-order valence-corrected chi connectivity index (χ1v) is 7.10. The van der Waals surface area contributed by atoms with Crippen LogP contribution in [0, 0.1) is 17.7 Å². The number of halogens is 1. The molecule has 0 aromatic heterocycles. The van der Waals surface area contributed by atoms with Crippen molar-refractivity contribution in [2.45, 2.75) is 45.4 Å². The molecule has 1 heterocycles. The van der Waals surface area contributed by atoms with Gasteiger partial charge < -0.3 is 10.1 Å². The van der Waals surface area contributed by atoms with Crippen molar-refractivity contribution in [3.63, 3.8) is 0 Å². The van der Waals surface area contributed by atoms with Gasteiger partial charge in [0.2, 0.25) is 0 Å². The number of nitrogens with one attached hydrogen (secondary N) is 1. The summed E-state index contributed by atoms with van der Waals surface area (Å²) in [6.07, 6.45) is 1.38. The van der Waals surface area contributed by atoms with Crippen molar-refractivity contribution in [2.75, 3.05) is 7.05 Å². The second-order valence-electron chi connectivity index (χ2n) is 5.71. The third-order valence-electron chi connectivity index (χ3n) is 4.50. The molecule has 0 aliphatic carbocycles. The van der Waals surface area contributed by atoms with Crippen molar-refractivity contribution in [3.8, 4) is 0 Å². The molecular formula is C16H24FNO. The van der Waals surface area contributed by atoms with Crippen LogP contribution in [-0.4, -0.2) is 25.3 Å². The zero-order chi connectivity index (χ0) is 14.0. The maximum absolute atomic E-state index is 13.3. The summed E-state index contributed by atoms with van der Waals surface area (Å²) in [5.41, 5.74) is 1.04. The van der Waals surface area contributed by atoms with Crippen molar-refractivity contribution in [1.29, 1.82) is 0 Å². The van der Waals surface area contributed by atoms with Gasteiger partial charge in [0.15, 0.2) is 0 Å². The van der Waals surface area contributed by atoms with Crippen LogP contribution in [0.15, 0.2) is 24.3 Å². The van der Waals surface area contributed by atoms with E-state index in [1.807, 2.05) is 13.1 Å². The maximum Gasteiger partial charge on any atom is 0.123 e. The van der Waals surface area contributed by atoms with Crippen LogP contribution >= 0.6 is 0 Å². The Kier molecular flexibility index (Phi) is 4.58. The molecule has 0 radical (unpaired) electrons. The molecule has 1 aliphatic rings. The summed E-state index contributed by atoms with van der Waals surface area (Å²) in [5.74, 6) is 0.814. The number of hydrogen-bond acceptors (Lipinski definition) is 2. The van der Waals surface area contributed by atoms with E-state index < -0.39 is 0 Å². The van der Waals surface area contributed by atoms with E-state index in [2.05, 4.69) is 26.1 Å². The van der Waals surface area contributed by atoms with E-state index >= 15 is 0 Å². The summed E-state index contributed by atoms with van der Waals surface area (Å²) in [4.78, 5) is 0. The van der Waals surface area contributed by atoms with Crippen molar-refractivity contribution < 1.29 is 9.13 Å². The SMILES string of the molecule is CNC(Cc1cccc(F)c1)C1C(C)OC(C)C1C. The molecule has 5 unspecified atom stereocenters. The van der Waals surface area contributed by atoms with E-state index in [9.17, 15) is 4.39 Å². The van der Waals surface area contributed by atoms with Crippen LogP contribution in [0.25, 0.3) is 0 Å². The lowest BCUT2D eigenvalue weighted by molar-refractivity contribution is 0.0479. The van der Waals surface area contributed by atoms with Crippen LogP contribution in [0.5, 0.6) is 0 Å². The molecule has 0 saturated carbocycles. The van der Waals surface area contributed by atoms with E-state index in [-0.39, 0.29) is 11.9 Å². The molecule has 2 rings (SSSR count). The summed E-state index contributed by atoms with van der Waals surface area (Å²) in [6.45, 7) is 6.52. The fourth-order valence-electron chi connectivity index (χ4n) is 3.34. The predicted octanol–water partition coefficient (Wildman–Crippen LogP) is 3.02. The molecule has 1 fully saturated rings. The Morgan fingerprint density at radius 3 is 2.53 bits per heavy atom. The molecule has 106 valence electrons. The average molecular weight is 265 g/mol. The Balaban J connectivity index is 2.12. The van der Waals surface area contributed by atoms with Gasteiger partial charge in [-0.15, -0.1) is 0 Å². The Bertz CT molecular complexity index is 423. The zero-order valence-electron chi connectivity index (χ0n) is 12.2. The van der Waals surface area contributed by atoms with Crippen LogP contribution in [0.3, 0.4) is 0 Å². The summed E-state index contributed by atoms with van der Waals surface area (Å²) in [7, 11) is 1.98. The van der Waals surface area contributed by atoms with Gasteiger partial charge in [0.05, 0.1) is 12.2 Å². The number of rotatable bonds is 4. The summed E-state index contributed by atoms with van der Waals surface area (Å²) in [5, 5.41) is 3.39. The molecule has 1 aromatic rings. The van der Waals surface area contributed by atoms with Crippen LogP contribution in [0.1, 0.15) is 26.3 Å². The van der Waals surface area contributed by atoms with Gasteiger partial charge in [-0.1, -0.05) is 19.1 Å². The fraction of sp³-hybridized carbons (Fsp3) is 0.625. The Hall–Kier alpha value is -0.930. The third kappa shape index (κ3) is 3.15. The number of hydrogen-bond donors (Lipinski definition) is 1. The van der Waals surface area contributed by atoms with E-state index in [0.29, 0.717) is 24.0 Å². The average Bonchev–Trinajstić information content (AvgIpc) is 2.61. The van der Waals surface area contributed by atoms with Gasteiger partial charge in [0.1, 0.15) is 5.82 Å². The first-order chi connectivity index (χ1) is 9.02. The zero-order valence-corrected chi connectivity index (χ0v) is 12.2. The molecule has 0 spiro atoms. The first-order valence-electron chi connectivity index (χ1n) is 7.10. The monoisotopic (exact) mass is 265 g/mol. The topological polar surface area (TPSA) is 21.3 Å². The highest BCUT2D eigenvalue weighted by Crippen LogP contribution is 2.35. The van der Waals surface area contributed by atoms with Crippen LogP contribution in [0.2, 0.25) is 0 Å². The second kappa shape index (κ2) is 6.02. The third-order valence-corrected chi connectivity index (χ3v) is 4.50. The highest BCUT2D eigenvalue weighted by molar-refractivity contribution is 5.18. The van der Waals surface area contributed by atoms with E-state index in [1.54, 1.807) is 12.1 Å². The van der Waals surface area contributed by atoms with Gasteiger partial charge in [-0.05, 0) is 50.9 Å². The Morgan fingerprint density at radius 2 is 2.00 bits per heavy atom. The molecule has 5 atom stereocenters. The summed E-state index contributed by atoms with van der Waals surface area (Å²) >= 11 is 0. The van der Waals surface area contributed by atoms with Crippen molar-refractivity contribution in [3.05, 3.63) is 35.6 Å². The van der Waals surface area contributed by atoms with Gasteiger partial charge in [0, 0.05) is 12.0 Å². The van der Waals surface area contributed by atoms with Crippen LogP contribution in [0.4, 0.5) is 4.39 Å². The highest BCUT2D eigenvalue weighted by atomic mass is 19.1. The van der Waals surface area contributed by atoms with Gasteiger partial charge >= 0.3 is 0 Å². The first kappa shape index (κ1) is 14.5. The van der Waals surface area contributed by atoms with E-state index in [1.165, 1.54) is 6.07 Å². The number of ether oxygens (including phenoxy) is 1. The standard InChI is InChI=1S/C16H24FNO/c1-10-11(2)19-12(3)16(10)15(18-4)9-13-6-5-7-14(17)8-13/h5-8,10-12,15-16,18H,9H2,1-4H3. The van der Waals surface area contributed by atoms with Crippen molar-refractivity contribution >= 4 is 0 Å². The van der Waals surface area contributed by atoms with Crippen LogP contribution in [-0.2, 0) is 11.2 Å². The molecule has 1 aliphatic heterocycles. The van der Waals surface area contributed by atoms with Gasteiger partial charge in [-0.2, -0.15) is 0 Å². The minimum Gasteiger partial charge on any atom is -0.375 e. The van der Waals surface area contributed by atoms with Crippen molar-refractivity contribution in [2.24, 2.45) is 11.8 Å². The normalized spacial score (nSPS) is 32.5.